The van der Waals surface area contributed by atoms with E-state index in [0.29, 0.717) is 0 Å². The summed E-state index contributed by atoms with van der Waals surface area (Å²) in [7, 11) is -0.611. The molecule has 0 fully saturated rings. The molecule has 0 spiro atoms. The third kappa shape index (κ3) is 6.16. The number of hydrogen-bond donors (Lipinski definition) is 3. The number of allylic oxidation sites excluding steroid dienone is 3. The molecule has 170 valence electrons. The summed E-state index contributed by atoms with van der Waals surface area (Å²) in [5.41, 5.74) is 1.38. The van der Waals surface area contributed by atoms with Crippen LogP contribution in [0.25, 0.3) is 0 Å². The second kappa shape index (κ2) is 11.0. The van der Waals surface area contributed by atoms with Crippen LogP contribution in [0, 0.1) is 5.41 Å². The molecular weight excluding hydrogens is 415 g/mol. The van der Waals surface area contributed by atoms with Crippen molar-refractivity contribution in [2.75, 3.05) is 13.2 Å². The SMILES string of the molecule is CC(NCC(=O)NC(CO)C(C)(C)C)C1=CC=CC1P(c1ccccc1)c1ccccc1. The Morgan fingerprint density at radius 3 is 2.09 bits per heavy atom. The first-order valence-electron chi connectivity index (χ1n) is 11.2. The second-order valence-corrected chi connectivity index (χ2v) is 11.6. The minimum atomic E-state index is -0.611. The van der Waals surface area contributed by atoms with E-state index in [0.717, 1.165) is 0 Å². The maximum Gasteiger partial charge on any atom is 0.234 e. The molecule has 0 aliphatic heterocycles. The summed E-state index contributed by atoms with van der Waals surface area (Å²) in [5, 5.41) is 18.7. The number of carbonyl (C=O) groups is 1. The maximum absolute atomic E-state index is 12.5. The summed E-state index contributed by atoms with van der Waals surface area (Å²) in [4.78, 5) is 12.5. The average Bonchev–Trinajstić information content (AvgIpc) is 3.26. The maximum atomic E-state index is 12.5. The van der Waals surface area contributed by atoms with Crippen LogP contribution in [0.1, 0.15) is 27.7 Å². The first kappa shape index (κ1) is 24.4. The quantitative estimate of drug-likeness (QED) is 0.513. The van der Waals surface area contributed by atoms with Gasteiger partial charge in [-0.15, -0.1) is 0 Å². The van der Waals surface area contributed by atoms with Crippen LogP contribution in [-0.2, 0) is 4.79 Å². The van der Waals surface area contributed by atoms with E-state index in [1.54, 1.807) is 0 Å². The molecule has 3 atom stereocenters. The first-order chi connectivity index (χ1) is 15.3. The Kier molecular flexibility index (Phi) is 8.42. The van der Waals surface area contributed by atoms with Gasteiger partial charge in [0, 0.05) is 11.7 Å². The van der Waals surface area contributed by atoms with Crippen LogP contribution < -0.4 is 21.2 Å². The summed E-state index contributed by atoms with van der Waals surface area (Å²) < 4.78 is 0. The molecule has 1 aliphatic carbocycles. The number of rotatable bonds is 9. The van der Waals surface area contributed by atoms with Crippen molar-refractivity contribution in [3.63, 3.8) is 0 Å². The molecule has 5 heteroatoms. The van der Waals surface area contributed by atoms with Gasteiger partial charge < -0.3 is 15.7 Å². The highest BCUT2D eigenvalue weighted by atomic mass is 31.1. The van der Waals surface area contributed by atoms with Crippen molar-refractivity contribution in [1.29, 1.82) is 0 Å². The molecule has 1 amide bonds. The fourth-order valence-corrected chi connectivity index (χ4v) is 6.72. The van der Waals surface area contributed by atoms with Crippen LogP contribution in [0.5, 0.6) is 0 Å². The third-order valence-electron chi connectivity index (χ3n) is 5.90. The van der Waals surface area contributed by atoms with E-state index < -0.39 is 7.92 Å². The van der Waals surface area contributed by atoms with Gasteiger partial charge in [0.25, 0.3) is 0 Å². The number of benzene rings is 2. The summed E-state index contributed by atoms with van der Waals surface area (Å²) in [5.74, 6) is -0.0951. The largest absolute Gasteiger partial charge is 0.394 e. The Labute approximate surface area is 193 Å². The molecule has 0 saturated heterocycles. The predicted molar refractivity (Wildman–Crippen MR) is 136 cm³/mol. The van der Waals surface area contributed by atoms with Crippen molar-refractivity contribution in [3.8, 4) is 0 Å². The molecule has 32 heavy (non-hydrogen) atoms. The number of nitrogens with one attached hydrogen (secondary N) is 2. The van der Waals surface area contributed by atoms with Gasteiger partial charge in [0.05, 0.1) is 19.2 Å². The van der Waals surface area contributed by atoms with Crippen molar-refractivity contribution < 1.29 is 9.90 Å². The average molecular weight is 451 g/mol. The molecule has 0 bridgehead atoms. The van der Waals surface area contributed by atoms with Gasteiger partial charge in [0.15, 0.2) is 0 Å². The van der Waals surface area contributed by atoms with E-state index in [1.807, 2.05) is 20.8 Å². The van der Waals surface area contributed by atoms with E-state index in [9.17, 15) is 9.90 Å². The van der Waals surface area contributed by atoms with Gasteiger partial charge in [-0.05, 0) is 36.4 Å². The van der Waals surface area contributed by atoms with Crippen molar-refractivity contribution in [1.82, 2.24) is 10.6 Å². The summed E-state index contributed by atoms with van der Waals surface area (Å²) in [6, 6.07) is 21.2. The Hall–Kier alpha value is -2.26. The van der Waals surface area contributed by atoms with Crippen LogP contribution in [0.2, 0.25) is 0 Å². The van der Waals surface area contributed by atoms with Crippen molar-refractivity contribution in [2.45, 2.75) is 45.4 Å². The molecule has 2 aromatic carbocycles. The van der Waals surface area contributed by atoms with Gasteiger partial charge in [0.1, 0.15) is 0 Å². The van der Waals surface area contributed by atoms with Crippen LogP contribution >= 0.6 is 7.92 Å². The molecule has 3 rings (SSSR count). The molecule has 1 aliphatic rings. The van der Waals surface area contributed by atoms with Crippen molar-refractivity contribution in [2.24, 2.45) is 5.41 Å². The lowest BCUT2D eigenvalue weighted by Crippen LogP contribution is -2.49. The Morgan fingerprint density at radius 2 is 1.59 bits per heavy atom. The van der Waals surface area contributed by atoms with Gasteiger partial charge in [0.2, 0.25) is 5.91 Å². The Balaban J connectivity index is 1.72. The van der Waals surface area contributed by atoms with Gasteiger partial charge in [-0.3, -0.25) is 4.79 Å². The third-order valence-corrected chi connectivity index (χ3v) is 8.64. The zero-order chi connectivity index (χ0) is 23.1. The smallest absolute Gasteiger partial charge is 0.234 e. The van der Waals surface area contributed by atoms with E-state index in [1.165, 1.54) is 16.2 Å². The second-order valence-electron chi connectivity index (χ2n) is 9.31. The highest BCUT2D eigenvalue weighted by Crippen LogP contribution is 2.46. The van der Waals surface area contributed by atoms with Crippen LogP contribution in [-0.4, -0.2) is 41.9 Å². The first-order valence-corrected chi connectivity index (χ1v) is 12.6. The molecular formula is C27H35N2O2P. The number of hydrogen-bond acceptors (Lipinski definition) is 3. The lowest BCUT2D eigenvalue weighted by atomic mass is 9.87. The van der Waals surface area contributed by atoms with E-state index in [-0.39, 0.29) is 42.2 Å². The van der Waals surface area contributed by atoms with Gasteiger partial charge in [-0.25, -0.2) is 0 Å². The summed E-state index contributed by atoms with van der Waals surface area (Å²) >= 11 is 0. The van der Waals surface area contributed by atoms with Crippen molar-refractivity contribution >= 4 is 24.4 Å². The highest BCUT2D eigenvalue weighted by molar-refractivity contribution is 7.74. The van der Waals surface area contributed by atoms with Gasteiger partial charge in [-0.1, -0.05) is 99.7 Å². The minimum absolute atomic E-state index is 0.0559. The van der Waals surface area contributed by atoms with E-state index in [2.05, 4.69) is 96.4 Å². The monoisotopic (exact) mass is 450 g/mol. The predicted octanol–water partition coefficient (Wildman–Crippen LogP) is 3.49. The lowest BCUT2D eigenvalue weighted by molar-refractivity contribution is -0.122. The normalized spacial score (nSPS) is 17.8. The summed E-state index contributed by atoms with van der Waals surface area (Å²) in [6.07, 6.45) is 6.62. The summed E-state index contributed by atoms with van der Waals surface area (Å²) in [6.45, 7) is 8.31. The van der Waals surface area contributed by atoms with Crippen LogP contribution in [0.3, 0.4) is 0 Å². The molecule has 3 N–H and O–H groups in total. The molecule has 0 saturated carbocycles. The zero-order valence-corrected chi connectivity index (χ0v) is 20.3. The number of amides is 1. The molecule has 0 aromatic heterocycles. The fourth-order valence-electron chi connectivity index (χ4n) is 3.91. The molecule has 4 nitrogen and oxygen atoms in total. The topological polar surface area (TPSA) is 61.4 Å². The van der Waals surface area contributed by atoms with Crippen molar-refractivity contribution in [3.05, 3.63) is 84.5 Å². The van der Waals surface area contributed by atoms with E-state index in [4.69, 9.17) is 0 Å². The zero-order valence-electron chi connectivity index (χ0n) is 19.5. The Bertz CT molecular complexity index is 896. The minimum Gasteiger partial charge on any atom is -0.394 e. The van der Waals surface area contributed by atoms with Gasteiger partial charge in [-0.2, -0.15) is 0 Å². The van der Waals surface area contributed by atoms with E-state index >= 15 is 0 Å². The standard InChI is InChI=1S/C27H35N2O2P/c1-20(28-18-26(31)29-25(19-30)27(2,3)4)23-16-11-17-24(23)32(21-12-7-5-8-13-21)22-14-9-6-10-15-22/h5-17,20,24-25,28,30H,18-19H2,1-4H3,(H,29,31). The fraction of sp³-hybridized carbons (Fsp3) is 0.370. The molecule has 2 aromatic rings. The molecule has 3 unspecified atom stereocenters. The molecule has 0 heterocycles. The number of aliphatic hydroxyl groups excluding tert-OH is 1. The van der Waals surface area contributed by atoms with Crippen LogP contribution in [0.4, 0.5) is 0 Å². The molecule has 0 radical (unpaired) electrons. The van der Waals surface area contributed by atoms with Gasteiger partial charge >= 0.3 is 0 Å². The Morgan fingerprint density at radius 1 is 1.03 bits per heavy atom. The highest BCUT2D eigenvalue weighted by Gasteiger charge is 2.30. The van der Waals surface area contributed by atoms with Crippen LogP contribution in [0.15, 0.2) is 84.5 Å². The lowest BCUT2D eigenvalue weighted by Gasteiger charge is -2.31. The number of carbonyl (C=O) groups excluding carboxylic acids is 1. The number of aliphatic hydroxyl groups is 1.